The molecule has 5 N–H and O–H groups in total. The van der Waals surface area contributed by atoms with Gasteiger partial charge in [-0.15, -0.1) is 24.0 Å². The maximum absolute atomic E-state index is 13.5. The number of thiol groups is 1. The van der Waals surface area contributed by atoms with Crippen LogP contribution in [0.5, 0.6) is 0 Å². The molecule has 0 aliphatic heterocycles. The number of carbonyl (C=O) groups excluding carboxylic acids is 4. The number of ether oxygens (including phenoxy) is 2. The Hall–Kier alpha value is -5.05. The van der Waals surface area contributed by atoms with E-state index in [4.69, 9.17) is 50.2 Å². The number of amides is 2. The Morgan fingerprint density at radius 3 is 2.28 bits per heavy atom. The first-order valence-corrected chi connectivity index (χ1v) is 19.1. The van der Waals surface area contributed by atoms with Gasteiger partial charge in [-0.25, -0.2) is 14.6 Å². The summed E-state index contributed by atoms with van der Waals surface area (Å²) in [5.74, 6) is -2.07. The molecule has 0 bridgehead atoms. The van der Waals surface area contributed by atoms with Crippen LogP contribution in [0.25, 0.3) is 32.5 Å². The molecule has 3 aromatic carbocycles. The monoisotopic (exact) mass is 790 g/mol. The standard InChI is InChI=1S/C39H43ClN6O6S2/c1-7-51-38(49)33(53)32(21(5)20(3)4)45(27-14-12-22(35(41)47)18-25(27)43-6)16-17-46-28-15-13-23(36(42)48)19-26(28)44-37(46)31-30-24(40)10-9-11-29(30)54-34(31)39(50)52-8-2/h9-15,18-21,43,53H,7-8,16-17H2,1-6H3,(H2,41,47)(H2,42,48)/b33-32+/t21-/m0/s1. The minimum absolute atomic E-state index is 0.0605. The van der Waals surface area contributed by atoms with Crippen LogP contribution < -0.4 is 21.7 Å². The van der Waals surface area contributed by atoms with Crippen molar-refractivity contribution in [3.63, 3.8) is 0 Å². The first kappa shape index (κ1) is 40.1. The lowest BCUT2D eigenvalue weighted by Gasteiger charge is -2.35. The van der Waals surface area contributed by atoms with Gasteiger partial charge in [0, 0.05) is 53.0 Å². The number of nitrogens with zero attached hydrogens (tertiary/aromatic N) is 3. The number of hydrogen-bond donors (Lipinski definition) is 4. The number of imidazole rings is 1. The van der Waals surface area contributed by atoms with E-state index in [1.54, 1.807) is 63.4 Å². The second kappa shape index (κ2) is 17.0. The summed E-state index contributed by atoms with van der Waals surface area (Å²) in [6.07, 6.45) is 0. The third kappa shape index (κ3) is 7.91. The number of hydrogen-bond acceptors (Lipinski definition) is 11. The molecule has 284 valence electrons. The Balaban J connectivity index is 1.81. The Morgan fingerprint density at radius 1 is 0.981 bits per heavy atom. The van der Waals surface area contributed by atoms with Crippen molar-refractivity contribution in [1.82, 2.24) is 9.55 Å². The highest BCUT2D eigenvalue weighted by Crippen LogP contribution is 2.44. The lowest BCUT2D eigenvalue weighted by Crippen LogP contribution is -2.34. The van der Waals surface area contributed by atoms with E-state index in [1.165, 1.54) is 11.3 Å². The largest absolute Gasteiger partial charge is 0.462 e. The number of thiophene rings is 1. The van der Waals surface area contributed by atoms with E-state index in [2.05, 4.69) is 5.32 Å². The van der Waals surface area contributed by atoms with E-state index >= 15 is 0 Å². The van der Waals surface area contributed by atoms with E-state index in [9.17, 15) is 19.2 Å². The summed E-state index contributed by atoms with van der Waals surface area (Å²) in [6, 6.07) is 15.5. The zero-order valence-corrected chi connectivity index (χ0v) is 33.3. The zero-order chi connectivity index (χ0) is 39.4. The highest BCUT2D eigenvalue weighted by atomic mass is 35.5. The molecule has 0 radical (unpaired) electrons. The second-order valence-corrected chi connectivity index (χ2v) is 14.7. The van der Waals surface area contributed by atoms with Gasteiger partial charge in [0.2, 0.25) is 11.8 Å². The highest BCUT2D eigenvalue weighted by molar-refractivity contribution is 7.85. The smallest absolute Gasteiger partial charge is 0.349 e. The van der Waals surface area contributed by atoms with Gasteiger partial charge in [-0.2, -0.15) is 0 Å². The molecule has 0 aliphatic carbocycles. The Bertz CT molecular complexity index is 2300. The van der Waals surface area contributed by atoms with E-state index < -0.39 is 23.8 Å². The molecule has 1 atom stereocenters. The lowest BCUT2D eigenvalue weighted by molar-refractivity contribution is -0.137. The molecule has 15 heteroatoms. The van der Waals surface area contributed by atoms with Crippen molar-refractivity contribution in [2.45, 2.75) is 41.2 Å². The van der Waals surface area contributed by atoms with Crippen molar-refractivity contribution in [2.24, 2.45) is 23.3 Å². The molecular weight excluding hydrogens is 748 g/mol. The number of anilines is 2. The molecule has 12 nitrogen and oxygen atoms in total. The van der Waals surface area contributed by atoms with E-state index in [0.29, 0.717) is 60.3 Å². The van der Waals surface area contributed by atoms with E-state index in [1.807, 2.05) is 42.4 Å². The number of carbonyl (C=O) groups is 4. The van der Waals surface area contributed by atoms with Crippen molar-refractivity contribution in [2.75, 3.05) is 37.0 Å². The van der Waals surface area contributed by atoms with Crippen LogP contribution in [0.1, 0.15) is 65.0 Å². The minimum atomic E-state index is -0.618. The predicted octanol–water partition coefficient (Wildman–Crippen LogP) is 7.49. The van der Waals surface area contributed by atoms with Crippen molar-refractivity contribution in [1.29, 1.82) is 0 Å². The predicted molar refractivity (Wildman–Crippen MR) is 219 cm³/mol. The molecule has 54 heavy (non-hydrogen) atoms. The quantitative estimate of drug-likeness (QED) is 0.0476. The van der Waals surface area contributed by atoms with Gasteiger partial charge in [-0.3, -0.25) is 9.59 Å². The summed E-state index contributed by atoms with van der Waals surface area (Å²) in [7, 11) is 1.73. The number of esters is 2. The number of aromatic nitrogens is 2. The summed E-state index contributed by atoms with van der Waals surface area (Å²) < 4.78 is 13.6. The summed E-state index contributed by atoms with van der Waals surface area (Å²) >= 11 is 12.9. The maximum atomic E-state index is 13.5. The number of benzene rings is 3. The van der Waals surface area contributed by atoms with Crippen LogP contribution in [0.15, 0.2) is 65.2 Å². The average molecular weight is 791 g/mol. The molecule has 2 heterocycles. The van der Waals surface area contributed by atoms with Gasteiger partial charge in [0.15, 0.2) is 0 Å². The van der Waals surface area contributed by atoms with Crippen LogP contribution in [0.3, 0.4) is 0 Å². The first-order chi connectivity index (χ1) is 25.7. The fourth-order valence-electron chi connectivity index (χ4n) is 6.27. The molecular formula is C39H43ClN6O6S2. The van der Waals surface area contributed by atoms with Crippen molar-refractivity contribution in [3.8, 4) is 11.4 Å². The van der Waals surface area contributed by atoms with Crippen LogP contribution in [-0.2, 0) is 20.8 Å². The van der Waals surface area contributed by atoms with Gasteiger partial charge < -0.3 is 35.7 Å². The molecule has 0 saturated heterocycles. The molecule has 2 amide bonds. The Kier molecular flexibility index (Phi) is 12.6. The van der Waals surface area contributed by atoms with Crippen LogP contribution in [0.4, 0.5) is 11.4 Å². The first-order valence-electron chi connectivity index (χ1n) is 17.4. The van der Waals surface area contributed by atoms with E-state index in [-0.39, 0.29) is 48.6 Å². The van der Waals surface area contributed by atoms with Crippen molar-refractivity contribution < 1.29 is 28.7 Å². The molecule has 0 saturated carbocycles. The average Bonchev–Trinajstić information content (AvgIpc) is 3.71. The van der Waals surface area contributed by atoms with Gasteiger partial charge in [-0.1, -0.05) is 38.4 Å². The Labute approximate surface area is 327 Å². The van der Waals surface area contributed by atoms with Gasteiger partial charge in [0.05, 0.1) is 46.2 Å². The summed E-state index contributed by atoms with van der Waals surface area (Å²) in [6.45, 7) is 10.3. The van der Waals surface area contributed by atoms with Gasteiger partial charge in [0.25, 0.3) is 0 Å². The molecule has 0 fully saturated rings. The van der Waals surface area contributed by atoms with Crippen LogP contribution >= 0.6 is 35.6 Å². The number of nitrogens with two attached hydrogens (primary N) is 2. The van der Waals surface area contributed by atoms with Gasteiger partial charge in [0.1, 0.15) is 15.6 Å². The van der Waals surface area contributed by atoms with Crippen molar-refractivity contribution in [3.05, 3.63) is 86.2 Å². The number of nitrogens with one attached hydrogen (secondary N) is 1. The fourth-order valence-corrected chi connectivity index (χ4v) is 8.10. The van der Waals surface area contributed by atoms with Crippen LogP contribution in [0, 0.1) is 11.8 Å². The molecule has 5 aromatic rings. The zero-order valence-electron chi connectivity index (χ0n) is 30.9. The number of rotatable bonds is 15. The molecule has 0 aliphatic rings. The third-order valence-corrected chi connectivity index (χ3v) is 11.1. The molecule has 0 unspecified atom stereocenters. The van der Waals surface area contributed by atoms with Crippen LogP contribution in [-0.4, -0.2) is 60.1 Å². The molecule has 5 rings (SSSR count). The maximum Gasteiger partial charge on any atom is 0.349 e. The second-order valence-electron chi connectivity index (χ2n) is 12.8. The van der Waals surface area contributed by atoms with E-state index in [0.717, 1.165) is 4.70 Å². The SMILES string of the molecule is CCOC(=O)/C(S)=C(/[C@@H](C)C(C)C)N(CCn1c(-c2c(C(=O)OCC)sc3cccc(Cl)c23)nc2cc(C(N)=O)ccc21)c1ccc(C(N)=O)cc1NC. The highest BCUT2D eigenvalue weighted by Gasteiger charge is 2.31. The number of halogens is 1. The minimum Gasteiger partial charge on any atom is -0.462 e. The fraction of sp³-hybridized carbons (Fsp3) is 0.308. The van der Waals surface area contributed by atoms with Gasteiger partial charge >= 0.3 is 11.9 Å². The topological polar surface area (TPSA) is 172 Å². The summed E-state index contributed by atoms with van der Waals surface area (Å²) in [4.78, 5) is 58.9. The van der Waals surface area contributed by atoms with Gasteiger partial charge in [-0.05, 0) is 68.3 Å². The lowest BCUT2D eigenvalue weighted by atomic mass is 9.92. The Morgan fingerprint density at radius 2 is 1.65 bits per heavy atom. The molecule has 0 spiro atoms. The normalized spacial score (nSPS) is 12.5. The van der Waals surface area contributed by atoms with Crippen molar-refractivity contribution >= 4 is 91.8 Å². The van der Waals surface area contributed by atoms with Crippen LogP contribution in [0.2, 0.25) is 5.02 Å². The number of fused-ring (bicyclic) bond motifs is 2. The number of allylic oxidation sites excluding steroid dienone is 1. The summed E-state index contributed by atoms with van der Waals surface area (Å²) in [5.41, 5.74) is 15.3. The third-order valence-electron chi connectivity index (χ3n) is 9.20. The summed E-state index contributed by atoms with van der Waals surface area (Å²) in [5, 5.41) is 4.23. The molecule has 2 aromatic heterocycles. The number of primary amides is 2.